The molecule has 1 fully saturated rings. The van der Waals surface area contributed by atoms with E-state index in [1.807, 2.05) is 34.6 Å². The minimum Gasteiger partial charge on any atom is -0.457 e. The lowest BCUT2D eigenvalue weighted by atomic mass is 9.64. The van der Waals surface area contributed by atoms with Crippen LogP contribution in [0.4, 0.5) is 0 Å². The molecule has 0 amide bonds. The van der Waals surface area contributed by atoms with Crippen LogP contribution in [-0.4, -0.2) is 24.1 Å². The smallest absolute Gasteiger partial charge is 0.344 e. The van der Waals surface area contributed by atoms with Gasteiger partial charge >= 0.3 is 11.9 Å². The van der Waals surface area contributed by atoms with Crippen molar-refractivity contribution in [2.75, 3.05) is 6.61 Å². The topological polar surface area (TPSA) is 52.6 Å². The summed E-state index contributed by atoms with van der Waals surface area (Å²) in [7, 11) is 0. The maximum atomic E-state index is 12.7. The molecular formula is C20H36O4. The van der Waals surface area contributed by atoms with E-state index in [-0.39, 0.29) is 23.6 Å². The van der Waals surface area contributed by atoms with Gasteiger partial charge in [-0.05, 0) is 56.8 Å². The largest absolute Gasteiger partial charge is 0.457 e. The number of carbonyl (C=O) groups is 2. The van der Waals surface area contributed by atoms with Crippen LogP contribution in [0.1, 0.15) is 87.0 Å². The molecule has 1 aliphatic rings. The Morgan fingerprint density at radius 1 is 1.08 bits per heavy atom. The van der Waals surface area contributed by atoms with Crippen molar-refractivity contribution in [2.24, 2.45) is 16.7 Å². The Morgan fingerprint density at radius 3 is 2.04 bits per heavy atom. The van der Waals surface area contributed by atoms with E-state index in [1.165, 1.54) is 0 Å². The number of rotatable bonds is 7. The summed E-state index contributed by atoms with van der Waals surface area (Å²) in [6, 6.07) is 0. The van der Waals surface area contributed by atoms with Crippen LogP contribution in [0.25, 0.3) is 0 Å². The van der Waals surface area contributed by atoms with Crippen LogP contribution in [0.3, 0.4) is 0 Å². The molecule has 4 heteroatoms. The van der Waals surface area contributed by atoms with Gasteiger partial charge in [-0.1, -0.05) is 41.5 Å². The van der Waals surface area contributed by atoms with E-state index in [0.29, 0.717) is 5.92 Å². The maximum absolute atomic E-state index is 12.7. The lowest BCUT2D eigenvalue weighted by molar-refractivity contribution is -0.178. The number of ether oxygens (including phenoxy) is 2. The predicted molar refractivity (Wildman–Crippen MR) is 95.6 cm³/mol. The Morgan fingerprint density at radius 2 is 1.62 bits per heavy atom. The molecule has 0 saturated heterocycles. The molecular weight excluding hydrogens is 304 g/mol. The summed E-state index contributed by atoms with van der Waals surface area (Å²) < 4.78 is 11.0. The van der Waals surface area contributed by atoms with Crippen LogP contribution in [0.2, 0.25) is 0 Å². The molecule has 0 spiro atoms. The van der Waals surface area contributed by atoms with Crippen molar-refractivity contribution < 1.29 is 19.1 Å². The highest BCUT2D eigenvalue weighted by Crippen LogP contribution is 2.44. The molecule has 0 heterocycles. The summed E-state index contributed by atoms with van der Waals surface area (Å²) in [5, 5.41) is 0. The van der Waals surface area contributed by atoms with Gasteiger partial charge in [0.15, 0.2) is 6.61 Å². The zero-order valence-corrected chi connectivity index (χ0v) is 16.7. The zero-order chi connectivity index (χ0) is 18.6. The minimum absolute atomic E-state index is 0.242. The molecule has 4 nitrogen and oxygen atoms in total. The maximum Gasteiger partial charge on any atom is 0.344 e. The van der Waals surface area contributed by atoms with Gasteiger partial charge in [-0.15, -0.1) is 0 Å². The lowest BCUT2D eigenvalue weighted by Crippen LogP contribution is -2.43. The monoisotopic (exact) mass is 340 g/mol. The predicted octanol–water partition coefficient (Wildman–Crippen LogP) is 4.89. The fourth-order valence-corrected chi connectivity index (χ4v) is 3.61. The second-order valence-electron chi connectivity index (χ2n) is 8.97. The summed E-state index contributed by atoms with van der Waals surface area (Å²) in [6.07, 6.45) is 5.56. The number of hydrogen-bond donors (Lipinski definition) is 0. The van der Waals surface area contributed by atoms with Gasteiger partial charge in [0.05, 0.1) is 5.41 Å². The number of carbonyl (C=O) groups excluding carboxylic acids is 2. The molecule has 0 radical (unpaired) electrons. The van der Waals surface area contributed by atoms with E-state index in [1.54, 1.807) is 0 Å². The van der Waals surface area contributed by atoms with Gasteiger partial charge in [-0.2, -0.15) is 0 Å². The third-order valence-electron chi connectivity index (χ3n) is 5.73. The van der Waals surface area contributed by atoms with Crippen LogP contribution < -0.4 is 0 Å². The molecule has 1 aliphatic carbocycles. The fraction of sp³-hybridized carbons (Fsp3) is 0.900. The fourth-order valence-electron chi connectivity index (χ4n) is 3.61. The first-order chi connectivity index (χ1) is 11.0. The SMILES string of the molecule is CCC1(OC(=O)COC(=O)C(C)(CC(C)C)C(C)(C)C)CCCC1. The van der Waals surface area contributed by atoms with E-state index in [0.717, 1.165) is 38.5 Å². The van der Waals surface area contributed by atoms with Gasteiger partial charge in [0.1, 0.15) is 5.60 Å². The summed E-state index contributed by atoms with van der Waals surface area (Å²) in [5.74, 6) is -0.360. The average molecular weight is 341 g/mol. The van der Waals surface area contributed by atoms with Crippen LogP contribution in [-0.2, 0) is 19.1 Å². The van der Waals surface area contributed by atoms with Crippen molar-refractivity contribution in [2.45, 2.75) is 92.6 Å². The van der Waals surface area contributed by atoms with Crippen molar-refractivity contribution in [3.05, 3.63) is 0 Å². The van der Waals surface area contributed by atoms with E-state index in [4.69, 9.17) is 9.47 Å². The van der Waals surface area contributed by atoms with Crippen LogP contribution in [0.15, 0.2) is 0 Å². The quantitative estimate of drug-likeness (QED) is 0.619. The zero-order valence-electron chi connectivity index (χ0n) is 16.7. The molecule has 0 aromatic heterocycles. The molecule has 0 aromatic rings. The second-order valence-corrected chi connectivity index (χ2v) is 8.97. The van der Waals surface area contributed by atoms with Crippen LogP contribution >= 0.6 is 0 Å². The van der Waals surface area contributed by atoms with E-state index in [9.17, 15) is 9.59 Å². The van der Waals surface area contributed by atoms with Crippen molar-refractivity contribution in [1.29, 1.82) is 0 Å². The van der Waals surface area contributed by atoms with E-state index < -0.39 is 11.4 Å². The Kier molecular flexibility index (Phi) is 6.89. The van der Waals surface area contributed by atoms with Crippen molar-refractivity contribution >= 4 is 11.9 Å². The standard InChI is InChI=1S/C20H36O4/c1-8-20(11-9-10-12-20)24-16(21)14-23-17(22)19(7,13-15(2)3)18(4,5)6/h15H,8-14H2,1-7H3. The molecule has 1 rings (SSSR count). The molecule has 0 aromatic carbocycles. The first-order valence-electron chi connectivity index (χ1n) is 9.35. The first kappa shape index (κ1) is 21.0. The minimum atomic E-state index is -0.628. The third kappa shape index (κ3) is 4.97. The molecule has 1 saturated carbocycles. The molecule has 0 N–H and O–H groups in total. The highest BCUT2D eigenvalue weighted by molar-refractivity contribution is 5.81. The van der Waals surface area contributed by atoms with E-state index in [2.05, 4.69) is 13.8 Å². The highest BCUT2D eigenvalue weighted by atomic mass is 16.6. The summed E-state index contributed by atoms with van der Waals surface area (Å²) in [5.41, 5.74) is -1.21. The summed E-state index contributed by atoms with van der Waals surface area (Å²) in [6.45, 7) is 14.0. The van der Waals surface area contributed by atoms with Gasteiger partial charge in [0.25, 0.3) is 0 Å². The second kappa shape index (κ2) is 7.88. The first-order valence-corrected chi connectivity index (χ1v) is 9.35. The Bertz CT molecular complexity index is 441. The molecule has 1 unspecified atom stereocenters. The highest BCUT2D eigenvalue weighted by Gasteiger charge is 2.46. The summed E-state index contributed by atoms with van der Waals surface area (Å²) >= 11 is 0. The Hall–Kier alpha value is -1.06. The van der Waals surface area contributed by atoms with Crippen LogP contribution in [0.5, 0.6) is 0 Å². The summed E-state index contributed by atoms with van der Waals surface area (Å²) in [4.78, 5) is 24.9. The lowest BCUT2D eigenvalue weighted by Gasteiger charge is -2.40. The van der Waals surface area contributed by atoms with Gasteiger partial charge < -0.3 is 9.47 Å². The Balaban J connectivity index is 2.67. The van der Waals surface area contributed by atoms with E-state index >= 15 is 0 Å². The molecule has 0 bridgehead atoms. The van der Waals surface area contributed by atoms with Gasteiger partial charge in [-0.25, -0.2) is 4.79 Å². The normalized spacial score (nSPS) is 19.8. The molecule has 24 heavy (non-hydrogen) atoms. The molecule has 1 atom stereocenters. The van der Waals surface area contributed by atoms with Gasteiger partial charge in [-0.3, -0.25) is 4.79 Å². The third-order valence-corrected chi connectivity index (χ3v) is 5.73. The van der Waals surface area contributed by atoms with Crippen molar-refractivity contribution in [3.63, 3.8) is 0 Å². The number of esters is 2. The van der Waals surface area contributed by atoms with Crippen molar-refractivity contribution in [1.82, 2.24) is 0 Å². The van der Waals surface area contributed by atoms with Gasteiger partial charge in [0, 0.05) is 0 Å². The Labute approximate surface area is 147 Å². The molecule has 0 aliphatic heterocycles. The van der Waals surface area contributed by atoms with Crippen molar-refractivity contribution in [3.8, 4) is 0 Å². The molecule has 140 valence electrons. The average Bonchev–Trinajstić information content (AvgIpc) is 2.91. The number of hydrogen-bond acceptors (Lipinski definition) is 4. The van der Waals surface area contributed by atoms with Gasteiger partial charge in [0.2, 0.25) is 0 Å². The van der Waals surface area contributed by atoms with Crippen LogP contribution in [0, 0.1) is 16.7 Å².